The molecule has 0 amide bonds. The predicted molar refractivity (Wildman–Crippen MR) is 69.6 cm³/mol. The summed E-state index contributed by atoms with van der Waals surface area (Å²) < 4.78 is 6.51. The summed E-state index contributed by atoms with van der Waals surface area (Å²) in [5.74, 6) is 1.02. The summed E-state index contributed by atoms with van der Waals surface area (Å²) >= 11 is 8.15. The maximum Gasteiger partial charge on any atom is 0.142 e. The van der Waals surface area contributed by atoms with Gasteiger partial charge in [-0.25, -0.2) is 4.98 Å². The number of pyridine rings is 1. The van der Waals surface area contributed by atoms with Crippen LogP contribution < -0.4 is 4.90 Å². The minimum Gasteiger partial charge on any atom is -0.380 e. The van der Waals surface area contributed by atoms with Crippen LogP contribution in [0.15, 0.2) is 12.3 Å². The van der Waals surface area contributed by atoms with Crippen LogP contribution in [0.4, 0.5) is 5.82 Å². The molecule has 1 aliphatic rings. The second-order valence-electron chi connectivity index (χ2n) is 3.41. The molecule has 0 N–H and O–H groups in total. The number of rotatable bonds is 1. The van der Waals surface area contributed by atoms with Gasteiger partial charge in [0.2, 0.25) is 0 Å². The van der Waals surface area contributed by atoms with Crippen LogP contribution in [0.5, 0.6) is 0 Å². The molecule has 2 heterocycles. The number of aromatic nitrogens is 1. The van der Waals surface area contributed by atoms with E-state index in [0.29, 0.717) is 5.02 Å². The second kappa shape index (κ2) is 5.32. The lowest BCUT2D eigenvalue weighted by Crippen LogP contribution is -2.27. The average molecular weight is 339 g/mol. The molecular weight excluding hydrogens is 326 g/mol. The summed E-state index contributed by atoms with van der Waals surface area (Å²) in [7, 11) is 0. The van der Waals surface area contributed by atoms with Gasteiger partial charge in [-0.1, -0.05) is 11.6 Å². The van der Waals surface area contributed by atoms with Gasteiger partial charge in [0, 0.05) is 25.9 Å². The lowest BCUT2D eigenvalue weighted by atomic mass is 10.3. The first kappa shape index (κ1) is 11.4. The van der Waals surface area contributed by atoms with Crippen LogP contribution in [0.25, 0.3) is 0 Å². The van der Waals surface area contributed by atoms with Gasteiger partial charge in [-0.3, -0.25) is 0 Å². The SMILES string of the molecule is Clc1cnc(N2CCCOCC2)c(I)c1. The van der Waals surface area contributed by atoms with Gasteiger partial charge in [-0.15, -0.1) is 0 Å². The first-order chi connectivity index (χ1) is 7.27. The zero-order valence-corrected chi connectivity index (χ0v) is 11.2. The smallest absolute Gasteiger partial charge is 0.142 e. The summed E-state index contributed by atoms with van der Waals surface area (Å²) in [6.07, 6.45) is 2.76. The van der Waals surface area contributed by atoms with Crippen LogP contribution in [0.1, 0.15) is 6.42 Å². The summed E-state index contributed by atoms with van der Waals surface area (Å²) in [6.45, 7) is 3.54. The zero-order valence-electron chi connectivity index (χ0n) is 8.25. The molecule has 1 saturated heterocycles. The fourth-order valence-corrected chi connectivity index (χ4v) is 2.76. The molecule has 15 heavy (non-hydrogen) atoms. The molecule has 1 fully saturated rings. The third-order valence-electron chi connectivity index (χ3n) is 2.31. The quantitative estimate of drug-likeness (QED) is 0.736. The largest absolute Gasteiger partial charge is 0.380 e. The molecule has 0 atom stereocenters. The van der Waals surface area contributed by atoms with E-state index in [1.807, 2.05) is 6.07 Å². The van der Waals surface area contributed by atoms with E-state index in [-0.39, 0.29) is 0 Å². The molecule has 0 aromatic carbocycles. The van der Waals surface area contributed by atoms with E-state index in [2.05, 4.69) is 32.5 Å². The number of halogens is 2. The standard InChI is InChI=1S/C10H12ClIN2O/c11-8-6-9(12)10(13-7-8)14-2-1-4-15-5-3-14/h6-7H,1-5H2. The molecule has 0 radical (unpaired) electrons. The number of anilines is 1. The molecule has 1 aromatic rings. The highest BCUT2D eigenvalue weighted by Gasteiger charge is 2.13. The topological polar surface area (TPSA) is 25.4 Å². The Morgan fingerprint density at radius 2 is 2.27 bits per heavy atom. The highest BCUT2D eigenvalue weighted by Crippen LogP contribution is 2.23. The molecule has 3 nitrogen and oxygen atoms in total. The normalized spacial score (nSPS) is 17.6. The number of hydrogen-bond donors (Lipinski definition) is 0. The van der Waals surface area contributed by atoms with Gasteiger partial charge in [0.25, 0.3) is 0 Å². The highest BCUT2D eigenvalue weighted by molar-refractivity contribution is 14.1. The van der Waals surface area contributed by atoms with Crippen molar-refractivity contribution in [3.05, 3.63) is 20.9 Å². The van der Waals surface area contributed by atoms with Crippen LogP contribution in [0, 0.1) is 3.57 Å². The number of hydrogen-bond acceptors (Lipinski definition) is 3. The summed E-state index contributed by atoms with van der Waals surface area (Å²) in [4.78, 5) is 6.63. The Morgan fingerprint density at radius 1 is 1.40 bits per heavy atom. The van der Waals surface area contributed by atoms with Gasteiger partial charge in [-0.05, 0) is 35.1 Å². The number of ether oxygens (including phenoxy) is 1. The Balaban J connectivity index is 2.19. The predicted octanol–water partition coefficient (Wildman–Crippen LogP) is 2.57. The maximum absolute atomic E-state index is 5.88. The molecule has 0 aliphatic carbocycles. The fourth-order valence-electron chi connectivity index (χ4n) is 1.60. The molecule has 0 spiro atoms. The van der Waals surface area contributed by atoms with Crippen LogP contribution in [0.3, 0.4) is 0 Å². The average Bonchev–Trinajstić information content (AvgIpc) is 2.46. The van der Waals surface area contributed by atoms with Crippen molar-refractivity contribution in [3.63, 3.8) is 0 Å². The zero-order chi connectivity index (χ0) is 10.7. The summed E-state index contributed by atoms with van der Waals surface area (Å²) in [5, 5.41) is 0.689. The van der Waals surface area contributed by atoms with E-state index in [9.17, 15) is 0 Å². The van der Waals surface area contributed by atoms with E-state index in [1.165, 1.54) is 0 Å². The molecule has 5 heteroatoms. The first-order valence-electron chi connectivity index (χ1n) is 4.91. The van der Waals surface area contributed by atoms with E-state index < -0.39 is 0 Å². The van der Waals surface area contributed by atoms with E-state index in [1.54, 1.807) is 6.20 Å². The molecule has 0 bridgehead atoms. The minimum absolute atomic E-state index is 0.689. The lowest BCUT2D eigenvalue weighted by Gasteiger charge is -2.21. The van der Waals surface area contributed by atoms with Crippen molar-refractivity contribution < 1.29 is 4.74 Å². The van der Waals surface area contributed by atoms with Gasteiger partial charge in [-0.2, -0.15) is 0 Å². The molecule has 2 rings (SSSR count). The van der Waals surface area contributed by atoms with Gasteiger partial charge >= 0.3 is 0 Å². The van der Waals surface area contributed by atoms with Crippen molar-refractivity contribution in [3.8, 4) is 0 Å². The van der Waals surface area contributed by atoms with Crippen LogP contribution in [0.2, 0.25) is 5.02 Å². The Kier molecular flexibility index (Phi) is 4.05. The Bertz CT molecular complexity index is 340. The molecule has 0 unspecified atom stereocenters. The van der Waals surface area contributed by atoms with Crippen molar-refractivity contribution in [2.45, 2.75) is 6.42 Å². The van der Waals surface area contributed by atoms with E-state index in [4.69, 9.17) is 16.3 Å². The fraction of sp³-hybridized carbons (Fsp3) is 0.500. The monoisotopic (exact) mass is 338 g/mol. The van der Waals surface area contributed by atoms with Crippen molar-refractivity contribution in [2.24, 2.45) is 0 Å². The van der Waals surface area contributed by atoms with Crippen LogP contribution >= 0.6 is 34.2 Å². The van der Waals surface area contributed by atoms with Gasteiger partial charge in [0.1, 0.15) is 5.82 Å². The van der Waals surface area contributed by atoms with Crippen LogP contribution in [-0.2, 0) is 4.74 Å². The Labute approximate surface area is 108 Å². The second-order valence-corrected chi connectivity index (χ2v) is 5.01. The Morgan fingerprint density at radius 3 is 3.07 bits per heavy atom. The third kappa shape index (κ3) is 2.95. The first-order valence-corrected chi connectivity index (χ1v) is 6.37. The Hall–Kier alpha value is -0.0700. The molecular formula is C10H12ClIN2O. The third-order valence-corrected chi connectivity index (χ3v) is 3.31. The lowest BCUT2D eigenvalue weighted by molar-refractivity contribution is 0.152. The van der Waals surface area contributed by atoms with Gasteiger partial charge in [0.05, 0.1) is 15.2 Å². The van der Waals surface area contributed by atoms with Crippen molar-refractivity contribution in [1.29, 1.82) is 0 Å². The highest BCUT2D eigenvalue weighted by atomic mass is 127. The molecule has 1 aliphatic heterocycles. The van der Waals surface area contributed by atoms with Crippen molar-refractivity contribution in [1.82, 2.24) is 4.98 Å². The van der Waals surface area contributed by atoms with E-state index >= 15 is 0 Å². The van der Waals surface area contributed by atoms with Crippen molar-refractivity contribution >= 4 is 40.0 Å². The number of nitrogens with zero attached hydrogens (tertiary/aromatic N) is 2. The summed E-state index contributed by atoms with van der Waals surface area (Å²) in [5.41, 5.74) is 0. The van der Waals surface area contributed by atoms with Crippen molar-refractivity contribution in [2.75, 3.05) is 31.2 Å². The summed E-state index contributed by atoms with van der Waals surface area (Å²) in [6, 6.07) is 1.94. The minimum atomic E-state index is 0.689. The molecule has 0 saturated carbocycles. The van der Waals surface area contributed by atoms with E-state index in [0.717, 1.165) is 42.1 Å². The van der Waals surface area contributed by atoms with Gasteiger partial charge < -0.3 is 9.64 Å². The molecule has 1 aromatic heterocycles. The maximum atomic E-state index is 5.88. The van der Waals surface area contributed by atoms with Crippen LogP contribution in [-0.4, -0.2) is 31.3 Å². The van der Waals surface area contributed by atoms with Gasteiger partial charge in [0.15, 0.2) is 0 Å². The molecule has 82 valence electrons.